The lowest BCUT2D eigenvalue weighted by molar-refractivity contribution is -0.142. The van der Waals surface area contributed by atoms with Crippen molar-refractivity contribution >= 4 is 16.9 Å². The van der Waals surface area contributed by atoms with Gasteiger partial charge >= 0.3 is 5.97 Å². The van der Waals surface area contributed by atoms with E-state index in [2.05, 4.69) is 0 Å². The van der Waals surface area contributed by atoms with Gasteiger partial charge in [-0.2, -0.15) is 0 Å². The van der Waals surface area contributed by atoms with Crippen molar-refractivity contribution in [3.05, 3.63) is 36.0 Å². The van der Waals surface area contributed by atoms with E-state index in [0.29, 0.717) is 5.39 Å². The van der Waals surface area contributed by atoms with Crippen LogP contribution < -0.4 is 0 Å². The number of carbonyl (C=O) groups is 1. The molecule has 4 heteroatoms. The molecule has 0 aliphatic heterocycles. The Morgan fingerprint density at radius 2 is 2.13 bits per heavy atom. The number of carboxylic acids is 1. The summed E-state index contributed by atoms with van der Waals surface area (Å²) in [5.74, 6) is -1.45. The molecule has 0 fully saturated rings. The Labute approximate surface area is 85.7 Å². The zero-order chi connectivity index (χ0) is 11.0. The van der Waals surface area contributed by atoms with Gasteiger partial charge in [0.2, 0.25) is 6.17 Å². The smallest absolute Gasteiger partial charge is 0.343 e. The minimum absolute atomic E-state index is 0.209. The second-order valence-electron chi connectivity index (χ2n) is 3.41. The first kappa shape index (κ1) is 9.71. The lowest BCUT2D eigenvalue weighted by Crippen LogP contribution is -2.05. The second-order valence-corrected chi connectivity index (χ2v) is 3.41. The fourth-order valence-corrected chi connectivity index (χ4v) is 1.71. The molecule has 1 atom stereocenters. The number of halogens is 1. The first-order valence-corrected chi connectivity index (χ1v) is 4.52. The summed E-state index contributed by atoms with van der Waals surface area (Å²) in [5.41, 5.74) is 1.04. The van der Waals surface area contributed by atoms with Gasteiger partial charge in [0.05, 0.1) is 0 Å². The van der Waals surface area contributed by atoms with E-state index in [1.807, 2.05) is 12.1 Å². The molecule has 2 aromatic rings. The van der Waals surface area contributed by atoms with Gasteiger partial charge in [0.15, 0.2) is 0 Å². The first-order chi connectivity index (χ1) is 7.11. The van der Waals surface area contributed by atoms with Gasteiger partial charge in [0.25, 0.3) is 0 Å². The van der Waals surface area contributed by atoms with Crippen LogP contribution in [0.25, 0.3) is 10.9 Å². The zero-order valence-corrected chi connectivity index (χ0v) is 8.14. The molecular weight excluding hydrogens is 197 g/mol. The lowest BCUT2D eigenvalue weighted by atomic mass is 10.1. The fraction of sp³-hybridized carbons (Fsp3) is 0.182. The second kappa shape index (κ2) is 3.38. The van der Waals surface area contributed by atoms with Crippen molar-refractivity contribution in [3.8, 4) is 0 Å². The quantitative estimate of drug-likeness (QED) is 0.820. The number of para-hydroxylation sites is 1. The van der Waals surface area contributed by atoms with Crippen LogP contribution in [0.15, 0.2) is 30.5 Å². The van der Waals surface area contributed by atoms with E-state index >= 15 is 0 Å². The highest BCUT2D eigenvalue weighted by Gasteiger charge is 2.22. The molecule has 15 heavy (non-hydrogen) atoms. The first-order valence-electron chi connectivity index (χ1n) is 4.52. The molecule has 78 valence electrons. The van der Waals surface area contributed by atoms with Gasteiger partial charge in [0, 0.05) is 29.7 Å². The maximum atomic E-state index is 13.4. The van der Waals surface area contributed by atoms with E-state index in [0.717, 1.165) is 5.52 Å². The van der Waals surface area contributed by atoms with E-state index in [-0.39, 0.29) is 5.56 Å². The molecule has 0 saturated heterocycles. The summed E-state index contributed by atoms with van der Waals surface area (Å²) in [6.45, 7) is 0. The Morgan fingerprint density at radius 3 is 2.80 bits per heavy atom. The summed E-state index contributed by atoms with van der Waals surface area (Å²) < 4.78 is 15.1. The van der Waals surface area contributed by atoms with Crippen LogP contribution in [-0.4, -0.2) is 15.6 Å². The van der Waals surface area contributed by atoms with E-state index in [1.165, 1.54) is 6.20 Å². The molecule has 0 aliphatic rings. The maximum absolute atomic E-state index is 13.4. The monoisotopic (exact) mass is 207 g/mol. The SMILES string of the molecule is Cn1cc(C(F)C(=O)O)c2ccccc21. The van der Waals surface area contributed by atoms with Crippen molar-refractivity contribution in [2.24, 2.45) is 7.05 Å². The highest BCUT2D eigenvalue weighted by atomic mass is 19.1. The van der Waals surface area contributed by atoms with Crippen LogP contribution in [0.5, 0.6) is 0 Å². The molecule has 0 aliphatic carbocycles. The summed E-state index contributed by atoms with van der Waals surface area (Å²) in [6.07, 6.45) is -0.445. The molecule has 1 aromatic carbocycles. The van der Waals surface area contributed by atoms with Crippen molar-refractivity contribution in [2.45, 2.75) is 6.17 Å². The normalized spacial score (nSPS) is 12.9. The molecule has 2 rings (SSSR count). The van der Waals surface area contributed by atoms with Crippen LogP contribution in [0.4, 0.5) is 4.39 Å². The van der Waals surface area contributed by atoms with Gasteiger partial charge in [-0.25, -0.2) is 9.18 Å². The molecule has 0 bridgehead atoms. The topological polar surface area (TPSA) is 42.2 Å². The Morgan fingerprint density at radius 1 is 1.47 bits per heavy atom. The van der Waals surface area contributed by atoms with Crippen LogP contribution in [0.1, 0.15) is 11.7 Å². The van der Waals surface area contributed by atoms with Crippen molar-refractivity contribution in [2.75, 3.05) is 0 Å². The van der Waals surface area contributed by atoms with Crippen molar-refractivity contribution in [3.63, 3.8) is 0 Å². The molecule has 1 N–H and O–H groups in total. The minimum atomic E-state index is -1.96. The largest absolute Gasteiger partial charge is 0.479 e. The number of hydrogen-bond donors (Lipinski definition) is 1. The number of aryl methyl sites for hydroxylation is 1. The van der Waals surface area contributed by atoms with Gasteiger partial charge < -0.3 is 9.67 Å². The van der Waals surface area contributed by atoms with Gasteiger partial charge in [-0.15, -0.1) is 0 Å². The molecule has 0 saturated carbocycles. The summed E-state index contributed by atoms with van der Waals surface area (Å²) in [7, 11) is 1.76. The van der Waals surface area contributed by atoms with Gasteiger partial charge in [-0.3, -0.25) is 0 Å². The minimum Gasteiger partial charge on any atom is -0.479 e. The molecule has 1 unspecified atom stereocenters. The predicted octanol–water partition coefficient (Wildman–Crippen LogP) is 2.27. The number of aromatic nitrogens is 1. The standard InChI is InChI=1S/C11H10FNO2/c1-13-6-8(10(12)11(14)15)7-4-2-3-5-9(7)13/h2-6,10H,1H3,(H,14,15). The third-order valence-electron chi connectivity index (χ3n) is 2.42. The van der Waals surface area contributed by atoms with E-state index in [9.17, 15) is 9.18 Å². The van der Waals surface area contributed by atoms with Crippen molar-refractivity contribution < 1.29 is 14.3 Å². The van der Waals surface area contributed by atoms with Crippen LogP contribution in [0.2, 0.25) is 0 Å². The maximum Gasteiger partial charge on any atom is 0.343 e. The van der Waals surface area contributed by atoms with E-state index in [4.69, 9.17) is 5.11 Å². The molecule has 1 aromatic heterocycles. The number of nitrogens with zero attached hydrogens (tertiary/aromatic N) is 1. The predicted molar refractivity (Wildman–Crippen MR) is 54.4 cm³/mol. The number of rotatable bonds is 2. The number of carboxylic acid groups (broad SMARTS) is 1. The summed E-state index contributed by atoms with van der Waals surface area (Å²) in [4.78, 5) is 10.6. The van der Waals surface area contributed by atoms with Crippen LogP contribution >= 0.6 is 0 Å². The van der Waals surface area contributed by atoms with E-state index < -0.39 is 12.1 Å². The number of benzene rings is 1. The van der Waals surface area contributed by atoms with Crippen molar-refractivity contribution in [1.82, 2.24) is 4.57 Å². The number of alkyl halides is 1. The van der Waals surface area contributed by atoms with Crippen molar-refractivity contribution in [1.29, 1.82) is 0 Å². The van der Waals surface area contributed by atoms with Crippen LogP contribution in [0, 0.1) is 0 Å². The van der Waals surface area contributed by atoms with Gasteiger partial charge in [-0.1, -0.05) is 18.2 Å². The van der Waals surface area contributed by atoms with Crippen LogP contribution in [0.3, 0.4) is 0 Å². The average Bonchev–Trinajstić information content (AvgIpc) is 2.56. The Balaban J connectivity index is 2.67. The van der Waals surface area contributed by atoms with Gasteiger partial charge in [0.1, 0.15) is 0 Å². The molecule has 0 radical (unpaired) electrons. The summed E-state index contributed by atoms with van der Waals surface area (Å²) in [5, 5.41) is 9.27. The number of fused-ring (bicyclic) bond motifs is 1. The third-order valence-corrected chi connectivity index (χ3v) is 2.42. The summed E-state index contributed by atoms with van der Waals surface area (Å²) >= 11 is 0. The average molecular weight is 207 g/mol. The number of aliphatic carboxylic acids is 1. The van der Waals surface area contributed by atoms with Crippen LogP contribution in [-0.2, 0) is 11.8 Å². The highest BCUT2D eigenvalue weighted by molar-refractivity contribution is 5.89. The fourth-order valence-electron chi connectivity index (χ4n) is 1.71. The van der Waals surface area contributed by atoms with Gasteiger partial charge in [-0.05, 0) is 6.07 Å². The Bertz CT molecular complexity index is 518. The molecule has 0 spiro atoms. The molecular formula is C11H10FNO2. The van der Waals surface area contributed by atoms with E-state index in [1.54, 1.807) is 23.7 Å². The lowest BCUT2D eigenvalue weighted by Gasteiger charge is -1.99. The third kappa shape index (κ3) is 1.48. The molecule has 0 amide bonds. The number of hydrogen-bond acceptors (Lipinski definition) is 1. The zero-order valence-electron chi connectivity index (χ0n) is 8.14. The molecule has 3 nitrogen and oxygen atoms in total. The molecule has 1 heterocycles. The Kier molecular flexibility index (Phi) is 2.19. The highest BCUT2D eigenvalue weighted by Crippen LogP contribution is 2.28. The Hall–Kier alpha value is -1.84. The summed E-state index contributed by atoms with van der Waals surface area (Å²) in [6, 6.07) is 7.15.